The van der Waals surface area contributed by atoms with Gasteiger partial charge in [0.2, 0.25) is 23.6 Å². The molecule has 0 aromatic carbocycles. The smallest absolute Gasteiger partial charge is 0.325 e. The van der Waals surface area contributed by atoms with Gasteiger partial charge in [-0.1, -0.05) is 13.8 Å². The van der Waals surface area contributed by atoms with E-state index < -0.39 is 23.2 Å². The molecule has 3 N–H and O–H groups in total. The minimum Gasteiger partial charge on any atom is -0.480 e. The van der Waals surface area contributed by atoms with Gasteiger partial charge in [-0.05, 0) is 53.4 Å². The van der Waals surface area contributed by atoms with Crippen LogP contribution < -0.4 is 10.6 Å². The van der Waals surface area contributed by atoms with E-state index in [9.17, 15) is 24.0 Å². The lowest BCUT2D eigenvalue weighted by atomic mass is 9.94. The van der Waals surface area contributed by atoms with Crippen LogP contribution in [-0.2, 0) is 33.4 Å². The summed E-state index contributed by atoms with van der Waals surface area (Å²) in [7, 11) is 0. The zero-order chi connectivity index (χ0) is 28.4. The number of carbonyl (C=O) groups excluding carboxylic acids is 4. The van der Waals surface area contributed by atoms with Crippen molar-refractivity contribution in [3.05, 3.63) is 0 Å². The molecule has 0 bridgehead atoms. The van der Waals surface area contributed by atoms with Gasteiger partial charge in [0.25, 0.3) is 0 Å². The molecule has 0 aromatic heterocycles. The molecule has 11 heteroatoms. The molecule has 1 aliphatic heterocycles. The van der Waals surface area contributed by atoms with Crippen molar-refractivity contribution in [1.82, 2.24) is 15.5 Å². The van der Waals surface area contributed by atoms with Crippen molar-refractivity contribution < 1.29 is 38.6 Å². The van der Waals surface area contributed by atoms with Crippen LogP contribution in [0.1, 0.15) is 80.6 Å². The summed E-state index contributed by atoms with van der Waals surface area (Å²) in [5.41, 5.74) is -1.07. The molecule has 1 heterocycles. The van der Waals surface area contributed by atoms with Crippen LogP contribution in [0.4, 0.5) is 0 Å². The Morgan fingerprint density at radius 1 is 0.973 bits per heavy atom. The number of carboxylic acids is 1. The Morgan fingerprint density at radius 2 is 1.57 bits per heavy atom. The van der Waals surface area contributed by atoms with E-state index in [1.807, 2.05) is 41.5 Å². The largest absolute Gasteiger partial charge is 0.480 e. The van der Waals surface area contributed by atoms with Crippen LogP contribution in [0.5, 0.6) is 0 Å². The Hall–Kier alpha value is -2.53. The molecule has 0 spiro atoms. The Kier molecular flexibility index (Phi) is 12.7. The molecule has 212 valence electrons. The number of amides is 4. The lowest BCUT2D eigenvalue weighted by molar-refractivity contribution is -0.141. The summed E-state index contributed by atoms with van der Waals surface area (Å²) >= 11 is 0. The molecule has 1 aliphatic rings. The average Bonchev–Trinajstić information content (AvgIpc) is 3.07. The van der Waals surface area contributed by atoms with Gasteiger partial charge in [-0.25, -0.2) is 0 Å². The quantitative estimate of drug-likeness (QED) is 0.192. The van der Waals surface area contributed by atoms with E-state index in [2.05, 4.69) is 10.6 Å². The highest BCUT2D eigenvalue weighted by molar-refractivity contribution is 6.03. The summed E-state index contributed by atoms with van der Waals surface area (Å²) < 4.78 is 11.8. The highest BCUT2D eigenvalue weighted by atomic mass is 16.5. The van der Waals surface area contributed by atoms with Crippen molar-refractivity contribution in [2.75, 3.05) is 26.3 Å². The van der Waals surface area contributed by atoms with E-state index in [4.69, 9.17) is 14.6 Å². The fourth-order valence-electron chi connectivity index (χ4n) is 3.79. The van der Waals surface area contributed by atoms with Gasteiger partial charge in [0.1, 0.15) is 6.04 Å². The number of likely N-dealkylation sites (tertiary alicyclic amines) is 1. The van der Waals surface area contributed by atoms with Crippen molar-refractivity contribution >= 4 is 29.6 Å². The zero-order valence-electron chi connectivity index (χ0n) is 23.3. The van der Waals surface area contributed by atoms with Crippen molar-refractivity contribution in [3.63, 3.8) is 0 Å². The molecule has 2 atom stereocenters. The normalized spacial score (nSPS) is 17.3. The Balaban J connectivity index is 2.25. The summed E-state index contributed by atoms with van der Waals surface area (Å²) in [5.74, 6) is -2.29. The number of nitrogens with one attached hydrogen (secondary N) is 2. The third kappa shape index (κ3) is 12.0. The number of carboxylic acid groups (broad SMARTS) is 1. The Morgan fingerprint density at radius 3 is 2.14 bits per heavy atom. The first-order chi connectivity index (χ1) is 17.0. The molecule has 0 saturated carbocycles. The van der Waals surface area contributed by atoms with E-state index in [0.717, 1.165) is 0 Å². The molecule has 37 heavy (non-hydrogen) atoms. The maximum absolute atomic E-state index is 12.3. The molecule has 1 rings (SSSR count). The summed E-state index contributed by atoms with van der Waals surface area (Å²) in [5, 5.41) is 14.0. The van der Waals surface area contributed by atoms with E-state index in [0.29, 0.717) is 32.6 Å². The van der Waals surface area contributed by atoms with Crippen LogP contribution in [0.2, 0.25) is 0 Å². The molecule has 1 fully saturated rings. The summed E-state index contributed by atoms with van der Waals surface area (Å²) in [6.45, 7) is 13.9. The SMILES string of the molecule is CC(NC(=O)CCC(C)(C)OCCC(C)(C)OCCNC(=O)CCN1C(=O)CC(C(C)C)C1=O)C(=O)O. The lowest BCUT2D eigenvalue weighted by Crippen LogP contribution is -2.39. The second-order valence-corrected chi connectivity index (χ2v) is 11.1. The van der Waals surface area contributed by atoms with Crippen LogP contribution in [-0.4, -0.2) is 83.2 Å². The lowest BCUT2D eigenvalue weighted by Gasteiger charge is -2.30. The second-order valence-electron chi connectivity index (χ2n) is 11.1. The van der Waals surface area contributed by atoms with Crippen LogP contribution in [0.15, 0.2) is 0 Å². The Labute approximate surface area is 220 Å². The molecule has 1 saturated heterocycles. The maximum atomic E-state index is 12.3. The first-order valence-corrected chi connectivity index (χ1v) is 13.0. The minimum absolute atomic E-state index is 0.0574. The van der Waals surface area contributed by atoms with Gasteiger partial charge < -0.3 is 25.2 Å². The highest BCUT2D eigenvalue weighted by Crippen LogP contribution is 2.26. The van der Waals surface area contributed by atoms with E-state index in [-0.39, 0.29) is 61.3 Å². The average molecular weight is 528 g/mol. The van der Waals surface area contributed by atoms with Crippen LogP contribution in [0.25, 0.3) is 0 Å². The number of imide groups is 1. The third-order valence-corrected chi connectivity index (χ3v) is 6.46. The monoisotopic (exact) mass is 527 g/mol. The minimum atomic E-state index is -1.08. The topological polar surface area (TPSA) is 151 Å². The van der Waals surface area contributed by atoms with Crippen molar-refractivity contribution in [3.8, 4) is 0 Å². The van der Waals surface area contributed by atoms with Crippen LogP contribution in [0, 0.1) is 11.8 Å². The number of ether oxygens (including phenoxy) is 2. The molecular formula is C26H45N3O8. The van der Waals surface area contributed by atoms with Crippen molar-refractivity contribution in [1.29, 1.82) is 0 Å². The number of aliphatic carboxylic acids is 1. The number of hydrogen-bond donors (Lipinski definition) is 3. The summed E-state index contributed by atoms with van der Waals surface area (Å²) in [4.78, 5) is 60.4. The fourth-order valence-corrected chi connectivity index (χ4v) is 3.79. The predicted molar refractivity (Wildman–Crippen MR) is 136 cm³/mol. The van der Waals surface area contributed by atoms with Gasteiger partial charge in [-0.15, -0.1) is 0 Å². The third-order valence-electron chi connectivity index (χ3n) is 6.46. The number of rotatable bonds is 17. The molecule has 11 nitrogen and oxygen atoms in total. The Bertz CT molecular complexity index is 825. The first-order valence-electron chi connectivity index (χ1n) is 13.0. The molecule has 2 unspecified atom stereocenters. The highest BCUT2D eigenvalue weighted by Gasteiger charge is 2.39. The summed E-state index contributed by atoms with van der Waals surface area (Å²) in [6, 6.07) is -0.935. The van der Waals surface area contributed by atoms with Gasteiger partial charge in [-0.3, -0.25) is 28.9 Å². The van der Waals surface area contributed by atoms with Gasteiger partial charge in [0, 0.05) is 38.3 Å². The van der Waals surface area contributed by atoms with E-state index in [1.165, 1.54) is 11.8 Å². The number of carbonyl (C=O) groups is 5. The molecule has 0 aliphatic carbocycles. The van der Waals surface area contributed by atoms with Gasteiger partial charge in [0.05, 0.1) is 24.4 Å². The fraction of sp³-hybridized carbons (Fsp3) is 0.808. The van der Waals surface area contributed by atoms with Gasteiger partial charge in [-0.2, -0.15) is 0 Å². The molecule has 0 aromatic rings. The number of nitrogens with zero attached hydrogens (tertiary/aromatic N) is 1. The number of hydrogen-bond acceptors (Lipinski definition) is 7. The molecule has 0 radical (unpaired) electrons. The van der Waals surface area contributed by atoms with Crippen molar-refractivity contribution in [2.45, 2.75) is 97.8 Å². The molecular weight excluding hydrogens is 482 g/mol. The first kappa shape index (κ1) is 32.5. The van der Waals surface area contributed by atoms with Gasteiger partial charge >= 0.3 is 5.97 Å². The van der Waals surface area contributed by atoms with E-state index in [1.54, 1.807) is 0 Å². The van der Waals surface area contributed by atoms with Crippen molar-refractivity contribution in [2.24, 2.45) is 11.8 Å². The zero-order valence-corrected chi connectivity index (χ0v) is 23.3. The predicted octanol–water partition coefficient (Wildman–Crippen LogP) is 1.87. The van der Waals surface area contributed by atoms with E-state index >= 15 is 0 Å². The molecule has 4 amide bonds. The van der Waals surface area contributed by atoms with Gasteiger partial charge in [0.15, 0.2) is 0 Å². The van der Waals surface area contributed by atoms with Crippen LogP contribution >= 0.6 is 0 Å². The second kappa shape index (κ2) is 14.4. The maximum Gasteiger partial charge on any atom is 0.325 e. The summed E-state index contributed by atoms with van der Waals surface area (Å²) in [6.07, 6.45) is 1.45. The van der Waals surface area contributed by atoms with Crippen LogP contribution in [0.3, 0.4) is 0 Å². The standard InChI is InChI=1S/C26H45N3O8/c1-17(2)19-16-22(32)29(23(19)33)13-9-20(30)27-12-15-37-26(6,7)11-14-36-25(4,5)10-8-21(31)28-18(3)24(34)35/h17-19H,8-16H2,1-7H3,(H,27,30)(H,28,31)(H,34,35).